The molecular formula is C16H23BrClFN2O. The van der Waals surface area contributed by atoms with Gasteiger partial charge in [0.1, 0.15) is 5.82 Å². The first-order valence-corrected chi connectivity index (χ1v) is 8.25. The molecule has 6 heteroatoms. The molecule has 0 atom stereocenters. The standard InChI is InChI=1S/C16H22BrFN2O.ClH/c17-14-8-13(18)5-4-12(14)10-20-15(21)9-16(11-19)6-2-1-3-7-16;/h4-5,8H,1-3,6-7,9-11,19H2,(H,20,21);1H. The molecule has 2 rings (SSSR count). The SMILES string of the molecule is Cl.NCC1(CC(=O)NCc2ccc(F)cc2Br)CCCCC1. The van der Waals surface area contributed by atoms with Gasteiger partial charge in [-0.1, -0.05) is 41.3 Å². The lowest BCUT2D eigenvalue weighted by Crippen LogP contribution is -2.38. The van der Waals surface area contributed by atoms with Crippen LogP contribution in [0.15, 0.2) is 22.7 Å². The fourth-order valence-corrected chi connectivity index (χ4v) is 3.51. The Balaban J connectivity index is 0.00000242. The van der Waals surface area contributed by atoms with Crippen LogP contribution in [0.3, 0.4) is 0 Å². The van der Waals surface area contributed by atoms with E-state index in [4.69, 9.17) is 5.73 Å². The van der Waals surface area contributed by atoms with Crippen molar-refractivity contribution >= 4 is 34.2 Å². The van der Waals surface area contributed by atoms with Crippen molar-refractivity contribution in [3.63, 3.8) is 0 Å². The average Bonchev–Trinajstić information content (AvgIpc) is 2.47. The Morgan fingerprint density at radius 3 is 2.59 bits per heavy atom. The van der Waals surface area contributed by atoms with E-state index in [9.17, 15) is 9.18 Å². The maximum Gasteiger partial charge on any atom is 0.220 e. The number of rotatable bonds is 5. The second kappa shape index (κ2) is 8.85. The predicted octanol–water partition coefficient (Wildman–Crippen LogP) is 3.93. The first-order chi connectivity index (χ1) is 10.0. The number of nitrogens with two attached hydrogens (primary N) is 1. The summed E-state index contributed by atoms with van der Waals surface area (Å²) in [6, 6.07) is 4.48. The minimum Gasteiger partial charge on any atom is -0.352 e. The van der Waals surface area contributed by atoms with Crippen molar-refractivity contribution < 1.29 is 9.18 Å². The normalized spacial score (nSPS) is 16.7. The van der Waals surface area contributed by atoms with Gasteiger partial charge in [-0.2, -0.15) is 0 Å². The lowest BCUT2D eigenvalue weighted by atomic mass is 9.71. The molecule has 3 N–H and O–H groups in total. The van der Waals surface area contributed by atoms with Crippen LogP contribution in [0, 0.1) is 11.2 Å². The first-order valence-electron chi connectivity index (χ1n) is 7.45. The van der Waals surface area contributed by atoms with Gasteiger partial charge < -0.3 is 11.1 Å². The fraction of sp³-hybridized carbons (Fsp3) is 0.562. The molecule has 1 amide bonds. The van der Waals surface area contributed by atoms with Gasteiger partial charge in [0.15, 0.2) is 0 Å². The van der Waals surface area contributed by atoms with Gasteiger partial charge in [-0.25, -0.2) is 4.39 Å². The first kappa shape index (κ1) is 19.4. The molecule has 1 fully saturated rings. The molecule has 1 saturated carbocycles. The van der Waals surface area contributed by atoms with Crippen LogP contribution in [0.25, 0.3) is 0 Å². The van der Waals surface area contributed by atoms with Crippen LogP contribution < -0.4 is 11.1 Å². The monoisotopic (exact) mass is 392 g/mol. The third-order valence-corrected chi connectivity index (χ3v) is 5.11. The summed E-state index contributed by atoms with van der Waals surface area (Å²) in [5.41, 5.74) is 6.75. The van der Waals surface area contributed by atoms with E-state index < -0.39 is 0 Å². The molecule has 0 aliphatic heterocycles. The molecule has 1 aromatic rings. The van der Waals surface area contributed by atoms with Crippen molar-refractivity contribution in [2.75, 3.05) is 6.54 Å². The van der Waals surface area contributed by atoms with Gasteiger partial charge in [-0.05, 0) is 42.5 Å². The molecule has 3 nitrogen and oxygen atoms in total. The van der Waals surface area contributed by atoms with Crippen molar-refractivity contribution in [2.24, 2.45) is 11.1 Å². The Morgan fingerprint density at radius 1 is 1.32 bits per heavy atom. The second-order valence-electron chi connectivity index (χ2n) is 5.95. The molecular weight excluding hydrogens is 371 g/mol. The second-order valence-corrected chi connectivity index (χ2v) is 6.81. The van der Waals surface area contributed by atoms with Gasteiger partial charge >= 0.3 is 0 Å². The third-order valence-electron chi connectivity index (χ3n) is 4.37. The molecule has 0 aromatic heterocycles. The zero-order valence-electron chi connectivity index (χ0n) is 12.5. The predicted molar refractivity (Wildman–Crippen MR) is 92.4 cm³/mol. The van der Waals surface area contributed by atoms with Crippen LogP contribution in [-0.4, -0.2) is 12.5 Å². The zero-order valence-corrected chi connectivity index (χ0v) is 14.9. The number of hydrogen-bond donors (Lipinski definition) is 2. The lowest BCUT2D eigenvalue weighted by Gasteiger charge is -2.35. The van der Waals surface area contributed by atoms with Crippen molar-refractivity contribution in [3.8, 4) is 0 Å². The molecule has 0 radical (unpaired) electrons. The lowest BCUT2D eigenvalue weighted by molar-refractivity contribution is -0.124. The summed E-state index contributed by atoms with van der Waals surface area (Å²) in [6.45, 7) is 0.973. The van der Waals surface area contributed by atoms with E-state index >= 15 is 0 Å². The average molecular weight is 394 g/mol. The summed E-state index contributed by atoms with van der Waals surface area (Å²) >= 11 is 3.31. The summed E-state index contributed by atoms with van der Waals surface area (Å²) < 4.78 is 13.7. The van der Waals surface area contributed by atoms with Crippen molar-refractivity contribution in [3.05, 3.63) is 34.1 Å². The highest BCUT2D eigenvalue weighted by molar-refractivity contribution is 9.10. The summed E-state index contributed by atoms with van der Waals surface area (Å²) in [7, 11) is 0. The van der Waals surface area contributed by atoms with Crippen LogP contribution in [0.1, 0.15) is 44.1 Å². The zero-order chi connectivity index (χ0) is 15.3. The minimum atomic E-state index is -0.291. The van der Waals surface area contributed by atoms with Gasteiger partial charge in [-0.3, -0.25) is 4.79 Å². The fourth-order valence-electron chi connectivity index (χ4n) is 3.02. The Hall–Kier alpha value is -0.650. The smallest absolute Gasteiger partial charge is 0.220 e. The highest BCUT2D eigenvalue weighted by Crippen LogP contribution is 2.38. The van der Waals surface area contributed by atoms with Crippen molar-refractivity contribution in [1.82, 2.24) is 5.32 Å². The van der Waals surface area contributed by atoms with E-state index in [1.165, 1.54) is 18.6 Å². The van der Waals surface area contributed by atoms with Crippen molar-refractivity contribution in [1.29, 1.82) is 0 Å². The minimum absolute atomic E-state index is 0. The Labute approximate surface area is 145 Å². The molecule has 0 bridgehead atoms. The molecule has 1 aromatic carbocycles. The maximum atomic E-state index is 13.0. The molecule has 0 spiro atoms. The summed E-state index contributed by atoms with van der Waals surface area (Å²) in [4.78, 5) is 12.2. The number of nitrogens with one attached hydrogen (secondary N) is 1. The number of benzene rings is 1. The van der Waals surface area contributed by atoms with Gasteiger partial charge in [-0.15, -0.1) is 12.4 Å². The summed E-state index contributed by atoms with van der Waals surface area (Å²) in [5, 5.41) is 2.92. The van der Waals surface area contributed by atoms with E-state index in [1.54, 1.807) is 6.07 Å². The van der Waals surface area contributed by atoms with Gasteiger partial charge in [0.05, 0.1) is 0 Å². The Morgan fingerprint density at radius 2 is 2.00 bits per heavy atom. The van der Waals surface area contributed by atoms with Gasteiger partial charge in [0.2, 0.25) is 5.91 Å². The van der Waals surface area contributed by atoms with Gasteiger partial charge in [0.25, 0.3) is 0 Å². The maximum absolute atomic E-state index is 13.0. The molecule has 22 heavy (non-hydrogen) atoms. The van der Waals surface area contributed by atoms with E-state index in [2.05, 4.69) is 21.2 Å². The molecule has 1 aliphatic carbocycles. The van der Waals surface area contributed by atoms with E-state index in [0.29, 0.717) is 24.0 Å². The van der Waals surface area contributed by atoms with E-state index in [0.717, 1.165) is 31.2 Å². The molecule has 124 valence electrons. The van der Waals surface area contributed by atoms with E-state index in [-0.39, 0.29) is 29.5 Å². The van der Waals surface area contributed by atoms with E-state index in [1.807, 2.05) is 0 Å². The number of carbonyl (C=O) groups is 1. The Kier molecular flexibility index (Phi) is 7.80. The number of amides is 1. The van der Waals surface area contributed by atoms with Crippen LogP contribution in [0.5, 0.6) is 0 Å². The van der Waals surface area contributed by atoms with Crippen LogP contribution in [-0.2, 0) is 11.3 Å². The quantitative estimate of drug-likeness (QED) is 0.796. The molecule has 0 unspecified atom stereocenters. The summed E-state index contributed by atoms with van der Waals surface area (Å²) in [5.74, 6) is -0.264. The number of halogens is 3. The molecule has 0 saturated heterocycles. The van der Waals surface area contributed by atoms with Crippen LogP contribution in [0.2, 0.25) is 0 Å². The third kappa shape index (κ3) is 5.21. The molecule has 1 aliphatic rings. The van der Waals surface area contributed by atoms with Crippen LogP contribution >= 0.6 is 28.3 Å². The van der Waals surface area contributed by atoms with Crippen molar-refractivity contribution in [2.45, 2.75) is 45.1 Å². The summed E-state index contributed by atoms with van der Waals surface area (Å²) in [6.07, 6.45) is 6.13. The molecule has 0 heterocycles. The number of hydrogen-bond acceptors (Lipinski definition) is 2. The topological polar surface area (TPSA) is 55.1 Å². The highest BCUT2D eigenvalue weighted by Gasteiger charge is 2.32. The Bertz CT molecular complexity index is 507. The highest BCUT2D eigenvalue weighted by atomic mass is 79.9. The number of carbonyl (C=O) groups excluding carboxylic acids is 1. The van der Waals surface area contributed by atoms with Crippen LogP contribution in [0.4, 0.5) is 4.39 Å². The largest absolute Gasteiger partial charge is 0.352 e. The van der Waals surface area contributed by atoms with Gasteiger partial charge in [0, 0.05) is 17.4 Å².